The summed E-state index contributed by atoms with van der Waals surface area (Å²) in [5.41, 5.74) is 11.5. The number of aromatic hydroxyl groups is 1. The Morgan fingerprint density at radius 3 is 2.19 bits per heavy atom. The van der Waals surface area contributed by atoms with Crippen LogP contribution in [0, 0.1) is 0 Å². The molecule has 3 unspecified atom stereocenters. The van der Waals surface area contributed by atoms with Gasteiger partial charge >= 0.3 is 5.97 Å². The third kappa shape index (κ3) is 9.58. The third-order valence-corrected chi connectivity index (χ3v) is 4.22. The van der Waals surface area contributed by atoms with Crippen LogP contribution in [0.25, 0.3) is 0 Å². The minimum Gasteiger partial charge on any atom is -0.508 e. The minimum atomic E-state index is -1.34. The molecular formula is C19H27N5O7. The van der Waals surface area contributed by atoms with E-state index in [1.165, 1.54) is 19.1 Å². The Bertz CT molecular complexity index is 812. The fraction of sp³-hybridized carbons (Fsp3) is 0.421. The number of amides is 4. The summed E-state index contributed by atoms with van der Waals surface area (Å²) in [6.45, 7) is 0.891. The Morgan fingerprint density at radius 2 is 1.65 bits per heavy atom. The van der Waals surface area contributed by atoms with Gasteiger partial charge in [-0.1, -0.05) is 12.1 Å². The van der Waals surface area contributed by atoms with Crippen molar-refractivity contribution >= 4 is 29.6 Å². The lowest BCUT2D eigenvalue weighted by Crippen LogP contribution is -2.52. The smallest absolute Gasteiger partial charge is 0.326 e. The summed E-state index contributed by atoms with van der Waals surface area (Å²) in [6.07, 6.45) is -0.227. The number of carboxylic acid groups (broad SMARTS) is 1. The zero-order valence-corrected chi connectivity index (χ0v) is 17.0. The average Bonchev–Trinajstić information content (AvgIpc) is 2.70. The SMILES string of the molecule is CC(NC(=O)CNC(=O)C(N)Cc1ccc(O)cc1)C(=O)NC(CCC(N)=O)C(=O)O. The number of carboxylic acids is 1. The first-order chi connectivity index (χ1) is 14.5. The summed E-state index contributed by atoms with van der Waals surface area (Å²) in [5.74, 6) is -4.02. The minimum absolute atomic E-state index is 0.0825. The van der Waals surface area contributed by atoms with E-state index in [2.05, 4.69) is 16.0 Å². The van der Waals surface area contributed by atoms with Crippen LogP contribution < -0.4 is 27.4 Å². The van der Waals surface area contributed by atoms with E-state index < -0.39 is 54.3 Å². The molecule has 3 atom stereocenters. The molecule has 170 valence electrons. The van der Waals surface area contributed by atoms with Crippen LogP contribution in [0.4, 0.5) is 0 Å². The first-order valence-electron chi connectivity index (χ1n) is 9.41. The summed E-state index contributed by atoms with van der Waals surface area (Å²) in [7, 11) is 0. The molecule has 1 aromatic carbocycles. The second-order valence-corrected chi connectivity index (χ2v) is 6.89. The van der Waals surface area contributed by atoms with Crippen LogP contribution >= 0.6 is 0 Å². The summed E-state index contributed by atoms with van der Waals surface area (Å²) >= 11 is 0. The Morgan fingerprint density at radius 1 is 1.03 bits per heavy atom. The molecule has 0 heterocycles. The highest BCUT2D eigenvalue weighted by molar-refractivity contribution is 5.92. The number of carbonyl (C=O) groups excluding carboxylic acids is 4. The molecule has 12 nitrogen and oxygen atoms in total. The zero-order chi connectivity index (χ0) is 23.6. The standard InChI is InChI=1S/C19H27N5O7/c1-10(17(28)24-14(19(30)31)6-7-15(21)26)23-16(27)9-22-18(29)13(20)8-11-2-4-12(25)5-3-11/h2-5,10,13-14,25H,6-9,20H2,1H3,(H2,21,26)(H,22,29)(H,23,27)(H,24,28)(H,30,31). The molecule has 0 aromatic heterocycles. The zero-order valence-electron chi connectivity index (χ0n) is 17.0. The number of aliphatic carboxylic acids is 1. The van der Waals surface area contributed by atoms with E-state index in [0.717, 1.165) is 5.56 Å². The second-order valence-electron chi connectivity index (χ2n) is 6.89. The molecule has 12 heteroatoms. The molecule has 0 saturated heterocycles. The highest BCUT2D eigenvalue weighted by atomic mass is 16.4. The van der Waals surface area contributed by atoms with Crippen LogP contribution in [0.3, 0.4) is 0 Å². The number of nitrogens with two attached hydrogens (primary N) is 2. The van der Waals surface area contributed by atoms with E-state index in [4.69, 9.17) is 16.6 Å². The van der Waals surface area contributed by atoms with Gasteiger partial charge in [0, 0.05) is 6.42 Å². The van der Waals surface area contributed by atoms with Crippen molar-refractivity contribution in [2.75, 3.05) is 6.54 Å². The molecule has 4 amide bonds. The van der Waals surface area contributed by atoms with Gasteiger partial charge in [0.15, 0.2) is 0 Å². The Hall–Kier alpha value is -3.67. The molecule has 9 N–H and O–H groups in total. The van der Waals surface area contributed by atoms with E-state index in [1.807, 2.05) is 0 Å². The maximum Gasteiger partial charge on any atom is 0.326 e. The van der Waals surface area contributed by atoms with Crippen molar-refractivity contribution in [2.45, 2.75) is 44.3 Å². The van der Waals surface area contributed by atoms with Gasteiger partial charge in [-0.2, -0.15) is 0 Å². The van der Waals surface area contributed by atoms with Gasteiger partial charge in [-0.05, 0) is 37.5 Å². The van der Waals surface area contributed by atoms with Crippen molar-refractivity contribution in [3.8, 4) is 5.75 Å². The number of nitrogens with one attached hydrogen (secondary N) is 3. The van der Waals surface area contributed by atoms with E-state index in [1.54, 1.807) is 12.1 Å². The predicted molar refractivity (Wildman–Crippen MR) is 108 cm³/mol. The van der Waals surface area contributed by atoms with E-state index in [0.29, 0.717) is 0 Å². The Labute approximate surface area is 178 Å². The van der Waals surface area contributed by atoms with Crippen molar-refractivity contribution in [1.82, 2.24) is 16.0 Å². The van der Waals surface area contributed by atoms with Crippen molar-refractivity contribution in [3.63, 3.8) is 0 Å². The first-order valence-corrected chi connectivity index (χ1v) is 9.41. The fourth-order valence-corrected chi connectivity index (χ4v) is 2.48. The highest BCUT2D eigenvalue weighted by Crippen LogP contribution is 2.10. The number of primary amides is 1. The molecule has 0 aliphatic heterocycles. The van der Waals surface area contributed by atoms with Crippen LogP contribution in [0.1, 0.15) is 25.3 Å². The van der Waals surface area contributed by atoms with Crippen LogP contribution in [0.2, 0.25) is 0 Å². The van der Waals surface area contributed by atoms with Crippen molar-refractivity contribution in [3.05, 3.63) is 29.8 Å². The van der Waals surface area contributed by atoms with E-state index in [9.17, 15) is 29.1 Å². The molecule has 0 aliphatic rings. The maximum atomic E-state index is 12.1. The van der Waals surface area contributed by atoms with E-state index >= 15 is 0 Å². The van der Waals surface area contributed by atoms with Gasteiger partial charge in [0.1, 0.15) is 17.8 Å². The van der Waals surface area contributed by atoms with Crippen LogP contribution in [0.15, 0.2) is 24.3 Å². The molecule has 0 fully saturated rings. The number of phenolic OH excluding ortho intramolecular Hbond substituents is 1. The van der Waals surface area contributed by atoms with Crippen LogP contribution in [0.5, 0.6) is 5.75 Å². The number of carbonyl (C=O) groups is 5. The number of benzene rings is 1. The van der Waals surface area contributed by atoms with Crippen molar-refractivity contribution in [1.29, 1.82) is 0 Å². The van der Waals surface area contributed by atoms with Crippen LogP contribution in [-0.4, -0.2) is 64.5 Å². The second kappa shape index (κ2) is 12.1. The molecule has 1 rings (SSSR count). The van der Waals surface area contributed by atoms with Gasteiger partial charge in [-0.3, -0.25) is 19.2 Å². The highest BCUT2D eigenvalue weighted by Gasteiger charge is 2.24. The van der Waals surface area contributed by atoms with Crippen molar-refractivity contribution < 1.29 is 34.2 Å². The third-order valence-electron chi connectivity index (χ3n) is 4.22. The summed E-state index contributed by atoms with van der Waals surface area (Å²) in [6, 6.07) is 2.79. The van der Waals surface area contributed by atoms with Gasteiger partial charge in [0.2, 0.25) is 23.6 Å². The molecular weight excluding hydrogens is 410 g/mol. The topological polar surface area (TPSA) is 214 Å². The molecule has 31 heavy (non-hydrogen) atoms. The molecule has 1 aromatic rings. The van der Waals surface area contributed by atoms with Crippen molar-refractivity contribution in [2.24, 2.45) is 11.5 Å². The summed E-state index contributed by atoms with van der Waals surface area (Å²) < 4.78 is 0. The Balaban J connectivity index is 2.44. The van der Waals surface area contributed by atoms with Gasteiger partial charge in [-0.15, -0.1) is 0 Å². The van der Waals surface area contributed by atoms with E-state index in [-0.39, 0.29) is 25.0 Å². The monoisotopic (exact) mass is 437 g/mol. The molecule has 0 spiro atoms. The molecule has 0 saturated carbocycles. The lowest BCUT2D eigenvalue weighted by atomic mass is 10.1. The normalized spacial score (nSPS) is 13.4. The lowest BCUT2D eigenvalue weighted by molar-refractivity contribution is -0.142. The number of hydrogen-bond donors (Lipinski definition) is 7. The molecule has 0 radical (unpaired) electrons. The molecule has 0 bridgehead atoms. The van der Waals surface area contributed by atoms with Gasteiger partial charge in [0.05, 0.1) is 12.6 Å². The van der Waals surface area contributed by atoms with Gasteiger partial charge < -0.3 is 37.6 Å². The number of rotatable bonds is 12. The van der Waals surface area contributed by atoms with Gasteiger partial charge in [0.25, 0.3) is 0 Å². The predicted octanol–water partition coefficient (Wildman–Crippen LogP) is -2.28. The summed E-state index contributed by atoms with van der Waals surface area (Å²) in [5, 5.41) is 25.2. The largest absolute Gasteiger partial charge is 0.508 e. The Kier molecular flexibility index (Phi) is 9.92. The van der Waals surface area contributed by atoms with Gasteiger partial charge in [-0.25, -0.2) is 4.79 Å². The fourth-order valence-electron chi connectivity index (χ4n) is 2.48. The molecule has 0 aliphatic carbocycles. The quantitative estimate of drug-likeness (QED) is 0.189. The summed E-state index contributed by atoms with van der Waals surface area (Å²) in [4.78, 5) is 58.0. The first kappa shape index (κ1) is 25.4. The average molecular weight is 437 g/mol. The number of hydrogen-bond acceptors (Lipinski definition) is 7. The maximum absolute atomic E-state index is 12.1. The van der Waals surface area contributed by atoms with Crippen LogP contribution in [-0.2, 0) is 30.4 Å². The number of phenols is 1. The lowest BCUT2D eigenvalue weighted by Gasteiger charge is -2.19.